The molecular weight excluding hydrogens is 347 g/mol. The maximum Gasteiger partial charge on any atom is 0.501 e. The van der Waals surface area contributed by atoms with Crippen LogP contribution < -0.4 is 0 Å². The van der Waals surface area contributed by atoms with E-state index in [0.717, 1.165) is 17.4 Å². The molecule has 0 unspecified atom stereocenters. The highest BCUT2D eigenvalue weighted by atomic mass is 31.1. The van der Waals surface area contributed by atoms with Crippen molar-refractivity contribution in [1.29, 1.82) is 0 Å². The Balaban J connectivity index is 2.04. The third-order valence-electron chi connectivity index (χ3n) is 5.86. The molecule has 0 aromatic carbocycles. The van der Waals surface area contributed by atoms with E-state index in [-0.39, 0.29) is 7.92 Å². The summed E-state index contributed by atoms with van der Waals surface area (Å²) in [4.78, 5) is 0. The summed E-state index contributed by atoms with van der Waals surface area (Å²) < 4.78 is 18.4. The summed E-state index contributed by atoms with van der Waals surface area (Å²) in [7, 11) is -2.37. The molecule has 2 saturated carbocycles. The summed E-state index contributed by atoms with van der Waals surface area (Å²) >= 11 is 0. The van der Waals surface area contributed by atoms with Crippen molar-refractivity contribution in [2.24, 2.45) is 0 Å². The van der Waals surface area contributed by atoms with Crippen LogP contribution >= 0.6 is 7.92 Å². The van der Waals surface area contributed by atoms with Gasteiger partial charge in [0, 0.05) is 25.9 Å². The van der Waals surface area contributed by atoms with Crippen molar-refractivity contribution in [3.05, 3.63) is 0 Å². The van der Waals surface area contributed by atoms with E-state index in [0.29, 0.717) is 19.8 Å². The molecule has 0 aromatic heterocycles. The Morgan fingerprint density at radius 1 is 0.680 bits per heavy atom. The summed E-state index contributed by atoms with van der Waals surface area (Å²) in [5.74, 6) is 0. The molecule has 25 heavy (non-hydrogen) atoms. The van der Waals surface area contributed by atoms with Crippen molar-refractivity contribution >= 4 is 16.7 Å². The van der Waals surface area contributed by atoms with Gasteiger partial charge in [-0.15, -0.1) is 7.92 Å². The number of rotatable bonds is 11. The van der Waals surface area contributed by atoms with E-state index in [2.05, 4.69) is 20.8 Å². The van der Waals surface area contributed by atoms with Gasteiger partial charge in [-0.05, 0) is 63.9 Å². The van der Waals surface area contributed by atoms with Gasteiger partial charge in [-0.3, -0.25) is 0 Å². The maximum atomic E-state index is 6.14. The second-order valence-corrected chi connectivity index (χ2v) is 13.2. The quantitative estimate of drug-likeness (QED) is 0.312. The molecule has 0 radical (unpaired) electrons. The predicted octanol–water partition coefficient (Wildman–Crippen LogP) is 6.18. The van der Waals surface area contributed by atoms with Gasteiger partial charge in [0.05, 0.1) is 0 Å². The molecule has 0 amide bonds. The number of hydrogen-bond acceptors (Lipinski definition) is 3. The van der Waals surface area contributed by atoms with Crippen LogP contribution in [0.3, 0.4) is 0 Å². The largest absolute Gasteiger partial charge is 0.501 e. The molecule has 0 saturated heterocycles. The summed E-state index contributed by atoms with van der Waals surface area (Å²) in [6, 6.07) is 1.04. The Morgan fingerprint density at radius 2 is 1.08 bits per heavy atom. The van der Waals surface area contributed by atoms with Gasteiger partial charge in [0.1, 0.15) is 0 Å². The van der Waals surface area contributed by atoms with E-state index in [1.54, 1.807) is 0 Å². The van der Waals surface area contributed by atoms with Crippen LogP contribution in [0.15, 0.2) is 0 Å². The molecule has 0 spiro atoms. The van der Waals surface area contributed by atoms with Gasteiger partial charge < -0.3 is 13.3 Å². The Morgan fingerprint density at radius 3 is 1.44 bits per heavy atom. The van der Waals surface area contributed by atoms with Crippen molar-refractivity contribution in [3.63, 3.8) is 0 Å². The summed E-state index contributed by atoms with van der Waals surface area (Å²) in [6.07, 6.45) is 16.0. The fraction of sp³-hybridized carbons (Fsp3) is 1.00. The van der Waals surface area contributed by atoms with Crippen LogP contribution in [0.5, 0.6) is 0 Å². The first-order valence-electron chi connectivity index (χ1n) is 10.9. The van der Waals surface area contributed by atoms with Crippen LogP contribution in [0.4, 0.5) is 0 Å². The van der Waals surface area contributed by atoms with Crippen molar-refractivity contribution in [2.45, 2.75) is 102 Å². The molecule has 0 aromatic rings. The average Bonchev–Trinajstić information content (AvgIpc) is 2.64. The Labute approximate surface area is 158 Å². The van der Waals surface area contributed by atoms with E-state index in [4.69, 9.17) is 13.3 Å². The highest BCUT2D eigenvalue weighted by Gasteiger charge is 2.42. The zero-order chi connectivity index (χ0) is 18.0. The molecule has 0 bridgehead atoms. The van der Waals surface area contributed by atoms with Gasteiger partial charge in [0.25, 0.3) is 0 Å². The maximum absolute atomic E-state index is 6.14. The van der Waals surface area contributed by atoms with E-state index >= 15 is 0 Å². The van der Waals surface area contributed by atoms with E-state index in [1.165, 1.54) is 70.4 Å². The Kier molecular flexibility index (Phi) is 10.5. The van der Waals surface area contributed by atoms with Crippen molar-refractivity contribution in [1.82, 2.24) is 0 Å². The highest BCUT2D eigenvalue weighted by molar-refractivity contribution is 7.59. The van der Waals surface area contributed by atoms with E-state index < -0.39 is 8.80 Å². The summed E-state index contributed by atoms with van der Waals surface area (Å²) in [5.41, 5.74) is 2.01. The van der Waals surface area contributed by atoms with Crippen molar-refractivity contribution < 1.29 is 13.3 Å². The third kappa shape index (κ3) is 6.88. The summed E-state index contributed by atoms with van der Waals surface area (Å²) in [6.45, 7) is 8.34. The predicted molar refractivity (Wildman–Crippen MR) is 111 cm³/mol. The molecule has 148 valence electrons. The Hall–Kier alpha value is 0.527. The molecule has 3 nitrogen and oxygen atoms in total. The first kappa shape index (κ1) is 21.8. The zero-order valence-electron chi connectivity index (χ0n) is 16.9. The minimum absolute atomic E-state index is 0.101. The van der Waals surface area contributed by atoms with Crippen LogP contribution in [0, 0.1) is 0 Å². The van der Waals surface area contributed by atoms with Crippen LogP contribution in [-0.4, -0.2) is 46.1 Å². The first-order chi connectivity index (χ1) is 12.2. The van der Waals surface area contributed by atoms with Crippen molar-refractivity contribution in [2.75, 3.05) is 26.0 Å². The normalized spacial score (nSPS) is 21.1. The minimum Gasteiger partial charge on any atom is -0.374 e. The smallest absolute Gasteiger partial charge is 0.374 e. The second-order valence-electron chi connectivity index (χ2n) is 7.55. The SMILES string of the molecule is CCO[Si](CCP(C1CCCCC1)C1CCCCC1)(OCC)OCC. The van der Waals surface area contributed by atoms with Gasteiger partial charge in [0.15, 0.2) is 0 Å². The molecule has 2 fully saturated rings. The zero-order valence-corrected chi connectivity index (χ0v) is 18.8. The second kappa shape index (κ2) is 12.1. The third-order valence-corrected chi connectivity index (χ3v) is 13.0. The molecule has 2 aliphatic carbocycles. The monoisotopic (exact) mass is 388 g/mol. The average molecular weight is 389 g/mol. The highest BCUT2D eigenvalue weighted by Crippen LogP contribution is 2.56. The van der Waals surface area contributed by atoms with Crippen LogP contribution in [0.25, 0.3) is 0 Å². The van der Waals surface area contributed by atoms with Crippen LogP contribution in [-0.2, 0) is 13.3 Å². The summed E-state index contributed by atoms with van der Waals surface area (Å²) in [5, 5.41) is 0. The van der Waals surface area contributed by atoms with Gasteiger partial charge in [-0.25, -0.2) is 0 Å². The topological polar surface area (TPSA) is 27.7 Å². The molecule has 2 rings (SSSR count). The molecule has 5 heteroatoms. The number of hydrogen-bond donors (Lipinski definition) is 0. The van der Waals surface area contributed by atoms with Gasteiger partial charge in [-0.1, -0.05) is 38.5 Å². The van der Waals surface area contributed by atoms with Crippen molar-refractivity contribution in [3.8, 4) is 0 Å². The molecule has 0 aliphatic heterocycles. The van der Waals surface area contributed by atoms with Crippen LogP contribution in [0.1, 0.15) is 85.0 Å². The van der Waals surface area contributed by atoms with E-state index in [9.17, 15) is 0 Å². The van der Waals surface area contributed by atoms with E-state index in [1.807, 2.05) is 0 Å². The molecular formula is C20H41O3PSi. The lowest BCUT2D eigenvalue weighted by molar-refractivity contribution is 0.0727. The minimum atomic E-state index is -2.47. The lowest BCUT2D eigenvalue weighted by atomic mass is 9.99. The fourth-order valence-corrected chi connectivity index (χ4v) is 12.3. The molecule has 2 aliphatic rings. The lowest BCUT2D eigenvalue weighted by Gasteiger charge is -2.40. The first-order valence-corrected chi connectivity index (χ1v) is 14.5. The lowest BCUT2D eigenvalue weighted by Crippen LogP contribution is -2.46. The van der Waals surface area contributed by atoms with Gasteiger partial charge >= 0.3 is 8.80 Å². The molecule has 0 N–H and O–H groups in total. The molecule has 0 heterocycles. The standard InChI is InChI=1S/C20H41O3PSi/c1-4-21-25(22-5-2,23-6-3)18-17-24(19-13-9-7-10-14-19)20-15-11-8-12-16-20/h19-20H,4-18H2,1-3H3. The molecule has 0 atom stereocenters. The Bertz CT molecular complexity index is 309. The van der Waals surface area contributed by atoms with Gasteiger partial charge in [0.2, 0.25) is 0 Å². The van der Waals surface area contributed by atoms with Crippen LogP contribution in [0.2, 0.25) is 6.04 Å². The fourth-order valence-electron chi connectivity index (χ4n) is 4.76. The van der Waals surface area contributed by atoms with Gasteiger partial charge in [-0.2, -0.15) is 0 Å².